The van der Waals surface area contributed by atoms with Gasteiger partial charge in [-0.1, -0.05) is 81.5 Å². The van der Waals surface area contributed by atoms with Crippen LogP contribution in [-0.4, -0.2) is 36.4 Å². The first kappa shape index (κ1) is 34.6. The van der Waals surface area contributed by atoms with Gasteiger partial charge in [0, 0.05) is 18.5 Å². The molecule has 2 aromatic rings. The first-order valence-electron chi connectivity index (χ1n) is 15.2. The van der Waals surface area contributed by atoms with Gasteiger partial charge in [0.15, 0.2) is 0 Å². The molecule has 0 unspecified atom stereocenters. The molecule has 1 fully saturated rings. The molecule has 2 nitrogen and oxygen atoms in total. The Bertz CT molecular complexity index is 1090. The number of fused-ring (bicyclic) bond motifs is 1. The molecule has 41 heavy (non-hydrogen) atoms. The van der Waals surface area contributed by atoms with E-state index in [1.54, 1.807) is 12.1 Å². The van der Waals surface area contributed by atoms with Gasteiger partial charge in [-0.3, -0.25) is 0 Å². The summed E-state index contributed by atoms with van der Waals surface area (Å²) in [6.07, 6.45) is 8.11. The summed E-state index contributed by atoms with van der Waals surface area (Å²) in [5, 5.41) is 0. The Morgan fingerprint density at radius 2 is 1.39 bits per heavy atom. The molecule has 0 atom stereocenters. The third kappa shape index (κ3) is 11.3. The number of benzene rings is 2. The molecule has 2 aliphatic rings. The summed E-state index contributed by atoms with van der Waals surface area (Å²) in [4.78, 5) is 2.41. The summed E-state index contributed by atoms with van der Waals surface area (Å²) >= 11 is 0. The van der Waals surface area contributed by atoms with Gasteiger partial charge in [0.05, 0.1) is 0 Å². The zero-order chi connectivity index (χ0) is 30.5. The van der Waals surface area contributed by atoms with E-state index in [9.17, 15) is 17.6 Å². The lowest BCUT2D eigenvalue weighted by atomic mass is 9.85. The second-order valence-corrected chi connectivity index (χ2v) is 11.2. The van der Waals surface area contributed by atoms with Crippen LogP contribution in [0.25, 0.3) is 5.57 Å². The van der Waals surface area contributed by atoms with Crippen molar-refractivity contribution in [2.24, 2.45) is 5.73 Å². The number of hydrogen-bond acceptors (Lipinski definition) is 2. The van der Waals surface area contributed by atoms with Gasteiger partial charge in [-0.05, 0) is 106 Å². The number of nitrogens with two attached hydrogens (primary N) is 1. The Labute approximate surface area is 245 Å². The molecule has 1 aliphatic heterocycles. The first-order valence-corrected chi connectivity index (χ1v) is 15.2. The van der Waals surface area contributed by atoms with Gasteiger partial charge in [0.25, 0.3) is 0 Å². The highest BCUT2D eigenvalue weighted by molar-refractivity contribution is 5.63. The molecule has 6 heteroatoms. The van der Waals surface area contributed by atoms with Crippen LogP contribution >= 0.6 is 0 Å². The van der Waals surface area contributed by atoms with Crippen LogP contribution in [0.5, 0.6) is 0 Å². The van der Waals surface area contributed by atoms with Gasteiger partial charge in [-0.25, -0.2) is 0 Å². The molecule has 0 amide bonds. The van der Waals surface area contributed by atoms with Gasteiger partial charge in [0.1, 0.15) is 0 Å². The number of likely N-dealkylation sites (tertiary alicyclic amines) is 1. The number of rotatable bonds is 11. The number of unbranched alkanes of at least 4 members (excludes halogenated alkanes) is 2. The van der Waals surface area contributed by atoms with Crippen molar-refractivity contribution < 1.29 is 17.6 Å². The van der Waals surface area contributed by atoms with Crippen LogP contribution in [-0.2, 0) is 19.3 Å². The fourth-order valence-electron chi connectivity index (χ4n) is 5.22. The van der Waals surface area contributed by atoms with Crippen molar-refractivity contribution >= 4 is 5.57 Å². The highest BCUT2D eigenvalue weighted by Crippen LogP contribution is 2.44. The van der Waals surface area contributed by atoms with Crippen LogP contribution in [0.3, 0.4) is 0 Å². The largest absolute Gasteiger partial charge is 0.403 e. The Morgan fingerprint density at radius 3 is 2.00 bits per heavy atom. The van der Waals surface area contributed by atoms with E-state index in [4.69, 9.17) is 5.73 Å². The maximum Gasteiger partial charge on any atom is 0.314 e. The molecule has 0 aromatic heterocycles. The van der Waals surface area contributed by atoms with Crippen molar-refractivity contribution in [3.8, 4) is 0 Å². The predicted octanol–water partition coefficient (Wildman–Crippen LogP) is 9.54. The molecule has 2 N–H and O–H groups in total. The Kier molecular flexibility index (Phi) is 14.1. The molecular formula is C35H50F4N2. The summed E-state index contributed by atoms with van der Waals surface area (Å²) in [5.41, 5.74) is 11.8. The van der Waals surface area contributed by atoms with Crippen molar-refractivity contribution in [2.75, 3.05) is 19.6 Å². The zero-order valence-electron chi connectivity index (χ0n) is 25.4. The van der Waals surface area contributed by atoms with Crippen LogP contribution in [0.4, 0.5) is 17.6 Å². The van der Waals surface area contributed by atoms with Crippen molar-refractivity contribution in [1.29, 1.82) is 0 Å². The second kappa shape index (κ2) is 16.7. The highest BCUT2D eigenvalue weighted by Gasteiger charge is 2.58. The molecule has 1 saturated heterocycles. The monoisotopic (exact) mass is 574 g/mol. The molecule has 0 radical (unpaired) electrons. The van der Waals surface area contributed by atoms with Gasteiger partial charge < -0.3 is 10.6 Å². The lowest BCUT2D eigenvalue weighted by molar-refractivity contribution is -0.211. The fraction of sp³-hybridized carbons (Fsp3) is 0.543. The lowest BCUT2D eigenvalue weighted by Crippen LogP contribution is -2.47. The minimum absolute atomic E-state index is 0.360. The maximum atomic E-state index is 13.5. The number of alkyl halides is 4. The first-order chi connectivity index (χ1) is 19.5. The van der Waals surface area contributed by atoms with E-state index >= 15 is 0 Å². The lowest BCUT2D eigenvalue weighted by Gasteiger charge is -2.32. The van der Waals surface area contributed by atoms with Gasteiger partial charge >= 0.3 is 11.8 Å². The SMILES string of the molecule is C=C(N)CCCCCC(=C)c1ccc(C)cc1.CC.FC1(F)Cc2ccc(CCCN3CCCC3)cc2CC1(F)F. The Morgan fingerprint density at radius 1 is 0.805 bits per heavy atom. The molecule has 4 rings (SSSR count). The summed E-state index contributed by atoms with van der Waals surface area (Å²) in [6.45, 7) is 17.3. The van der Waals surface area contributed by atoms with Crippen LogP contribution in [0, 0.1) is 6.92 Å². The number of aryl methyl sites for hydroxylation is 2. The molecule has 0 bridgehead atoms. The van der Waals surface area contributed by atoms with Gasteiger partial charge in [0.2, 0.25) is 0 Å². The third-order valence-electron chi connectivity index (χ3n) is 7.71. The van der Waals surface area contributed by atoms with E-state index in [1.807, 2.05) is 19.9 Å². The van der Waals surface area contributed by atoms with Crippen LogP contribution in [0.1, 0.15) is 93.0 Å². The normalized spacial score (nSPS) is 17.0. The van der Waals surface area contributed by atoms with Crippen molar-refractivity contribution in [3.05, 3.63) is 89.1 Å². The van der Waals surface area contributed by atoms with E-state index in [1.165, 1.54) is 42.4 Å². The molecule has 1 heterocycles. The molecule has 0 saturated carbocycles. The van der Waals surface area contributed by atoms with E-state index in [2.05, 4.69) is 49.2 Å². The highest BCUT2D eigenvalue weighted by atomic mass is 19.3. The summed E-state index contributed by atoms with van der Waals surface area (Å²) < 4.78 is 53.7. The molecule has 1 aliphatic carbocycles. The van der Waals surface area contributed by atoms with Crippen LogP contribution in [0.2, 0.25) is 0 Å². The number of nitrogens with zero attached hydrogens (tertiary/aromatic N) is 1. The third-order valence-corrected chi connectivity index (χ3v) is 7.71. The van der Waals surface area contributed by atoms with E-state index in [0.29, 0.717) is 11.1 Å². The Hall–Kier alpha value is -2.60. The van der Waals surface area contributed by atoms with Crippen LogP contribution < -0.4 is 5.73 Å². The van der Waals surface area contributed by atoms with Crippen LogP contribution in [0.15, 0.2) is 61.3 Å². The molecular weight excluding hydrogens is 524 g/mol. The van der Waals surface area contributed by atoms with E-state index in [0.717, 1.165) is 63.0 Å². The zero-order valence-corrected chi connectivity index (χ0v) is 25.4. The van der Waals surface area contributed by atoms with Crippen molar-refractivity contribution in [3.63, 3.8) is 0 Å². The molecule has 2 aromatic carbocycles. The minimum Gasteiger partial charge on any atom is -0.403 e. The Balaban J connectivity index is 0.000000280. The van der Waals surface area contributed by atoms with E-state index < -0.39 is 24.7 Å². The second-order valence-electron chi connectivity index (χ2n) is 11.2. The number of hydrogen-bond donors (Lipinski definition) is 1. The predicted molar refractivity (Wildman–Crippen MR) is 166 cm³/mol. The van der Waals surface area contributed by atoms with Crippen molar-refractivity contribution in [1.82, 2.24) is 4.90 Å². The average Bonchev–Trinajstić information content (AvgIpc) is 3.44. The standard InChI is InChI=1S/C17H21F4N.C16H23N.C2H6/c18-16(19)11-14-6-5-13(10-15(14)12-17(16,20)21)4-3-9-22-7-1-2-8-22;1-13-9-11-16(12-10-13)14(2)7-5-4-6-8-15(3)17;1-2/h5-6,10H,1-4,7-9,11-12H2;9-12H,2-8,17H2,1H3;1-2H3. The van der Waals surface area contributed by atoms with Gasteiger partial charge in [-0.2, -0.15) is 17.6 Å². The molecule has 228 valence electrons. The summed E-state index contributed by atoms with van der Waals surface area (Å²) in [7, 11) is 0. The molecule has 0 spiro atoms. The van der Waals surface area contributed by atoms with Crippen molar-refractivity contribution in [2.45, 2.75) is 103 Å². The fourth-order valence-corrected chi connectivity index (χ4v) is 5.22. The average molecular weight is 575 g/mol. The minimum atomic E-state index is -3.94. The van der Waals surface area contributed by atoms with Gasteiger partial charge in [-0.15, -0.1) is 0 Å². The number of halogens is 4. The van der Waals surface area contributed by atoms with E-state index in [-0.39, 0.29) is 0 Å². The topological polar surface area (TPSA) is 29.3 Å². The smallest absolute Gasteiger partial charge is 0.314 e. The summed E-state index contributed by atoms with van der Waals surface area (Å²) in [5.74, 6) is -7.87. The number of allylic oxidation sites excluding steroid dienone is 2. The summed E-state index contributed by atoms with van der Waals surface area (Å²) in [6, 6.07) is 13.7. The quantitative estimate of drug-likeness (QED) is 0.214. The maximum absolute atomic E-state index is 13.5.